The average molecular weight is 276 g/mol. The molecule has 0 amide bonds. The van der Waals surface area contributed by atoms with Crippen molar-refractivity contribution in [2.75, 3.05) is 0 Å². The summed E-state index contributed by atoms with van der Waals surface area (Å²) in [6, 6.07) is 0. The normalized spacial score (nSPS) is 10.5. The maximum absolute atomic E-state index is 10.7. The van der Waals surface area contributed by atoms with Gasteiger partial charge in [0.05, 0.1) is 0 Å². The fourth-order valence-electron chi connectivity index (χ4n) is 2.05. The number of unbranched alkanes of at least 4 members (excludes halogenated alkanes) is 8. The first-order chi connectivity index (χ1) is 9.77. The van der Waals surface area contributed by atoms with Gasteiger partial charge in [-0.15, -0.1) is 5.92 Å². The van der Waals surface area contributed by atoms with Gasteiger partial charge in [-0.3, -0.25) is 0 Å². The minimum atomic E-state index is 0.301. The van der Waals surface area contributed by atoms with Crippen LogP contribution in [-0.4, -0.2) is 5.78 Å². The van der Waals surface area contributed by atoms with Crippen molar-refractivity contribution >= 4 is 5.78 Å². The minimum Gasteiger partial charge on any atom is -0.300 e. The molecule has 0 bridgehead atoms. The van der Waals surface area contributed by atoms with E-state index >= 15 is 0 Å². The molecule has 0 aromatic heterocycles. The van der Waals surface area contributed by atoms with Gasteiger partial charge in [0.15, 0.2) is 0 Å². The Labute approximate surface area is 126 Å². The molecule has 0 aliphatic carbocycles. The third-order valence-electron chi connectivity index (χ3n) is 3.32. The number of carbonyl (C=O) groups excluding carboxylic acids is 1. The lowest BCUT2D eigenvalue weighted by atomic mass is 10.1. The van der Waals surface area contributed by atoms with Gasteiger partial charge >= 0.3 is 0 Å². The fraction of sp³-hybridized carbons (Fsp3) is 0.737. The molecule has 0 aromatic carbocycles. The summed E-state index contributed by atoms with van der Waals surface area (Å²) in [4.78, 5) is 10.7. The Hall–Kier alpha value is -1.03. The van der Waals surface area contributed by atoms with E-state index in [9.17, 15) is 4.79 Å². The van der Waals surface area contributed by atoms with Crippen LogP contribution < -0.4 is 0 Å². The van der Waals surface area contributed by atoms with E-state index in [2.05, 4.69) is 30.9 Å². The summed E-state index contributed by atoms with van der Waals surface area (Å²) in [6.45, 7) is 3.91. The second kappa shape index (κ2) is 16.0. The number of rotatable bonds is 12. The summed E-state index contributed by atoms with van der Waals surface area (Å²) in [6.07, 6.45) is 18.3. The van der Waals surface area contributed by atoms with Crippen LogP contribution in [0.15, 0.2) is 12.2 Å². The summed E-state index contributed by atoms with van der Waals surface area (Å²) in [5.74, 6) is 6.75. The summed E-state index contributed by atoms with van der Waals surface area (Å²) in [5.41, 5.74) is 0. The largest absolute Gasteiger partial charge is 0.300 e. The average Bonchev–Trinajstić information content (AvgIpc) is 2.43. The van der Waals surface area contributed by atoms with Gasteiger partial charge in [-0.1, -0.05) is 57.1 Å². The Morgan fingerprint density at radius 3 is 2.40 bits per heavy atom. The molecule has 0 radical (unpaired) electrons. The van der Waals surface area contributed by atoms with Gasteiger partial charge in [0.2, 0.25) is 0 Å². The number of carbonyl (C=O) groups is 1. The highest BCUT2D eigenvalue weighted by atomic mass is 16.1. The lowest BCUT2D eigenvalue weighted by Crippen LogP contribution is -1.88. The number of allylic oxidation sites excluding steroid dienone is 2. The first kappa shape index (κ1) is 19.0. The second-order valence-corrected chi connectivity index (χ2v) is 5.49. The highest BCUT2D eigenvalue weighted by Crippen LogP contribution is 2.06. The van der Waals surface area contributed by atoms with E-state index in [1.807, 2.05) is 0 Å². The van der Waals surface area contributed by atoms with Crippen LogP contribution >= 0.6 is 0 Å². The molecule has 0 saturated carbocycles. The predicted octanol–water partition coefficient (Wildman–Crippen LogP) is 5.84. The van der Waals surface area contributed by atoms with Crippen molar-refractivity contribution < 1.29 is 4.79 Å². The molecule has 1 nitrogen and oxygen atoms in total. The first-order valence-electron chi connectivity index (χ1n) is 8.37. The zero-order chi connectivity index (χ0) is 14.9. The zero-order valence-corrected chi connectivity index (χ0v) is 13.5. The molecule has 0 fully saturated rings. The van der Waals surface area contributed by atoms with Gasteiger partial charge in [0, 0.05) is 19.3 Å². The van der Waals surface area contributed by atoms with E-state index in [0.29, 0.717) is 5.78 Å². The van der Waals surface area contributed by atoms with Gasteiger partial charge in [-0.25, -0.2) is 0 Å². The topological polar surface area (TPSA) is 17.1 Å². The highest BCUT2D eigenvalue weighted by Gasteiger charge is 1.91. The summed E-state index contributed by atoms with van der Waals surface area (Å²) in [7, 11) is 0. The van der Waals surface area contributed by atoms with Crippen LogP contribution in [0.5, 0.6) is 0 Å². The van der Waals surface area contributed by atoms with Gasteiger partial charge in [-0.2, -0.15) is 0 Å². The number of hydrogen-bond acceptors (Lipinski definition) is 1. The summed E-state index contributed by atoms with van der Waals surface area (Å²) < 4.78 is 0. The molecule has 0 saturated heterocycles. The molecule has 0 heterocycles. The van der Waals surface area contributed by atoms with Crippen molar-refractivity contribution in [1.82, 2.24) is 0 Å². The lowest BCUT2D eigenvalue weighted by Gasteiger charge is -1.96. The van der Waals surface area contributed by atoms with E-state index in [1.54, 1.807) is 6.92 Å². The van der Waals surface area contributed by atoms with Crippen molar-refractivity contribution in [3.8, 4) is 11.8 Å². The van der Waals surface area contributed by atoms with Crippen LogP contribution in [0.25, 0.3) is 0 Å². The molecular formula is C19H32O. The lowest BCUT2D eigenvalue weighted by molar-refractivity contribution is -0.117. The quantitative estimate of drug-likeness (QED) is 0.249. The van der Waals surface area contributed by atoms with Crippen LogP contribution in [0.3, 0.4) is 0 Å². The molecule has 0 aliphatic rings. The maximum Gasteiger partial charge on any atom is 0.129 e. The van der Waals surface area contributed by atoms with E-state index in [0.717, 1.165) is 38.5 Å². The molecule has 0 unspecified atom stereocenters. The molecule has 0 spiro atoms. The van der Waals surface area contributed by atoms with Gasteiger partial charge in [0.25, 0.3) is 0 Å². The van der Waals surface area contributed by atoms with E-state index < -0.39 is 0 Å². The smallest absolute Gasteiger partial charge is 0.129 e. The third-order valence-corrected chi connectivity index (χ3v) is 3.32. The predicted molar refractivity (Wildman–Crippen MR) is 88.7 cm³/mol. The Morgan fingerprint density at radius 1 is 0.900 bits per heavy atom. The monoisotopic (exact) mass is 276 g/mol. The molecule has 0 rings (SSSR count). The summed E-state index contributed by atoms with van der Waals surface area (Å²) in [5, 5.41) is 0. The molecule has 114 valence electrons. The first-order valence-corrected chi connectivity index (χ1v) is 8.37. The Kier molecular flexibility index (Phi) is 15.2. The Morgan fingerprint density at radius 2 is 1.65 bits per heavy atom. The van der Waals surface area contributed by atoms with Crippen molar-refractivity contribution in [2.45, 2.75) is 90.9 Å². The Balaban J connectivity index is 3.25. The number of hydrogen-bond donors (Lipinski definition) is 0. The zero-order valence-electron chi connectivity index (χ0n) is 13.5. The van der Waals surface area contributed by atoms with Crippen LogP contribution in [0.4, 0.5) is 0 Å². The van der Waals surface area contributed by atoms with E-state index in [-0.39, 0.29) is 0 Å². The molecular weight excluding hydrogens is 244 g/mol. The number of ketones is 1. The summed E-state index contributed by atoms with van der Waals surface area (Å²) >= 11 is 0. The molecule has 0 atom stereocenters. The van der Waals surface area contributed by atoms with E-state index in [1.165, 1.54) is 38.5 Å². The van der Waals surface area contributed by atoms with Crippen LogP contribution in [0.2, 0.25) is 0 Å². The van der Waals surface area contributed by atoms with Crippen molar-refractivity contribution in [2.24, 2.45) is 0 Å². The Bertz CT molecular complexity index is 303. The van der Waals surface area contributed by atoms with Crippen molar-refractivity contribution in [1.29, 1.82) is 0 Å². The molecule has 0 N–H and O–H groups in total. The SMILES string of the molecule is CCCCCCCCC#CCC=CCCCCC(C)=O. The van der Waals surface area contributed by atoms with Crippen LogP contribution in [0.1, 0.15) is 90.9 Å². The van der Waals surface area contributed by atoms with Gasteiger partial charge < -0.3 is 4.79 Å². The third kappa shape index (κ3) is 17.0. The second-order valence-electron chi connectivity index (χ2n) is 5.49. The van der Waals surface area contributed by atoms with Crippen LogP contribution in [0, 0.1) is 11.8 Å². The standard InChI is InChI=1S/C19H32O/c1-3-4-5-6-7-8-9-10-11-12-13-14-15-16-17-18-19(2)20/h13-14H,3-9,12,15-18H2,1-2H3. The minimum absolute atomic E-state index is 0.301. The van der Waals surface area contributed by atoms with Crippen molar-refractivity contribution in [3.63, 3.8) is 0 Å². The molecule has 0 aliphatic heterocycles. The molecule has 1 heteroatoms. The molecule has 0 aromatic rings. The van der Waals surface area contributed by atoms with Crippen molar-refractivity contribution in [3.05, 3.63) is 12.2 Å². The highest BCUT2D eigenvalue weighted by molar-refractivity contribution is 5.75. The van der Waals surface area contributed by atoms with Crippen LogP contribution in [-0.2, 0) is 4.79 Å². The maximum atomic E-state index is 10.7. The van der Waals surface area contributed by atoms with Gasteiger partial charge in [0.1, 0.15) is 5.78 Å². The number of Topliss-reactive ketones (excluding diaryl/α,β-unsaturated/α-hetero) is 1. The fourth-order valence-corrected chi connectivity index (χ4v) is 2.05. The van der Waals surface area contributed by atoms with E-state index in [4.69, 9.17) is 0 Å². The van der Waals surface area contributed by atoms with Gasteiger partial charge in [-0.05, 0) is 32.6 Å². The molecule has 20 heavy (non-hydrogen) atoms.